The fourth-order valence-electron chi connectivity index (χ4n) is 3.88. The van der Waals surface area contributed by atoms with Crippen molar-refractivity contribution in [2.24, 2.45) is 5.10 Å². The van der Waals surface area contributed by atoms with Crippen LogP contribution in [-0.2, 0) is 26.1 Å². The second kappa shape index (κ2) is 13.8. The van der Waals surface area contributed by atoms with Crippen molar-refractivity contribution >= 4 is 45.4 Å². The molecule has 1 amide bonds. The van der Waals surface area contributed by atoms with Gasteiger partial charge in [0.15, 0.2) is 6.61 Å². The summed E-state index contributed by atoms with van der Waals surface area (Å²) in [5.74, 6) is -0.431. The van der Waals surface area contributed by atoms with Crippen molar-refractivity contribution in [2.45, 2.75) is 18.4 Å². The highest BCUT2D eigenvalue weighted by Gasteiger charge is 2.26. The highest BCUT2D eigenvalue weighted by atomic mass is 35.5. The van der Waals surface area contributed by atoms with Crippen molar-refractivity contribution < 1.29 is 27.5 Å². The number of halogens is 1. The average Bonchev–Trinajstić information content (AvgIpc) is 3.01. The van der Waals surface area contributed by atoms with Gasteiger partial charge in [-0.3, -0.25) is 9.10 Å². The lowest BCUT2D eigenvalue weighted by atomic mass is 10.1. The first-order valence-corrected chi connectivity index (χ1v) is 14.5. The summed E-state index contributed by atoms with van der Waals surface area (Å²) >= 11 is 6.23. The van der Waals surface area contributed by atoms with Gasteiger partial charge in [-0.1, -0.05) is 48.0 Å². The van der Waals surface area contributed by atoms with Gasteiger partial charge in [-0.15, -0.1) is 0 Å². The van der Waals surface area contributed by atoms with E-state index in [0.29, 0.717) is 33.1 Å². The molecule has 1 N–H and O–H groups in total. The zero-order valence-corrected chi connectivity index (χ0v) is 24.4. The summed E-state index contributed by atoms with van der Waals surface area (Å²) in [5.41, 5.74) is 5.40. The Balaban J connectivity index is 1.45. The number of esters is 1. The van der Waals surface area contributed by atoms with Gasteiger partial charge < -0.3 is 9.47 Å². The molecule has 0 spiro atoms. The smallest absolute Gasteiger partial charge is 0.343 e. The summed E-state index contributed by atoms with van der Waals surface area (Å²) in [6, 6.07) is 26.6. The molecule has 9 nitrogen and oxygen atoms in total. The fourth-order valence-corrected chi connectivity index (χ4v) is 5.58. The van der Waals surface area contributed by atoms with Crippen molar-refractivity contribution in [2.75, 3.05) is 18.0 Å². The molecule has 0 fully saturated rings. The van der Waals surface area contributed by atoms with E-state index < -0.39 is 21.9 Å². The molecule has 0 aliphatic carbocycles. The van der Waals surface area contributed by atoms with Crippen LogP contribution in [-0.4, -0.2) is 40.2 Å². The molecule has 0 atom stereocenters. The number of rotatable bonds is 11. The highest BCUT2D eigenvalue weighted by molar-refractivity contribution is 7.92. The van der Waals surface area contributed by atoms with Crippen LogP contribution in [0.2, 0.25) is 5.02 Å². The van der Waals surface area contributed by atoms with Crippen LogP contribution in [0.1, 0.15) is 27.0 Å². The van der Waals surface area contributed by atoms with E-state index in [9.17, 15) is 18.0 Å². The van der Waals surface area contributed by atoms with Crippen LogP contribution in [0.5, 0.6) is 5.75 Å². The number of nitrogens with zero attached hydrogens (tertiary/aromatic N) is 2. The predicted molar refractivity (Wildman–Crippen MR) is 161 cm³/mol. The summed E-state index contributed by atoms with van der Waals surface area (Å²) in [5, 5.41) is 4.41. The van der Waals surface area contributed by atoms with Crippen LogP contribution in [0.3, 0.4) is 0 Å². The van der Waals surface area contributed by atoms with Crippen LogP contribution in [0.15, 0.2) is 107 Å². The quantitative estimate of drug-likeness (QED) is 0.140. The number of aryl methyl sites for hydroxylation is 1. The Kier molecular flexibility index (Phi) is 9.95. The number of benzene rings is 4. The number of methoxy groups -OCH3 is 1. The average molecular weight is 606 g/mol. The Morgan fingerprint density at radius 1 is 0.952 bits per heavy atom. The Hall–Kier alpha value is -4.67. The topological polar surface area (TPSA) is 114 Å². The molecule has 42 heavy (non-hydrogen) atoms. The van der Waals surface area contributed by atoms with Crippen LogP contribution in [0, 0.1) is 6.92 Å². The molecule has 0 aromatic heterocycles. The lowest BCUT2D eigenvalue weighted by Crippen LogP contribution is -2.31. The number of ether oxygens (including phenoxy) is 2. The van der Waals surface area contributed by atoms with Crippen molar-refractivity contribution in [3.63, 3.8) is 0 Å². The number of amides is 1. The van der Waals surface area contributed by atoms with Crippen molar-refractivity contribution in [3.8, 4) is 5.75 Å². The van der Waals surface area contributed by atoms with Gasteiger partial charge in [0.1, 0.15) is 5.75 Å². The first kappa shape index (κ1) is 30.3. The van der Waals surface area contributed by atoms with Gasteiger partial charge in [-0.25, -0.2) is 18.6 Å². The standard InChI is InChI=1S/C31H28ClN3O6S/c1-22-8-15-26(32)18-29(22)35(42(38,39)28-6-4-3-5-7-28)20-24-9-13-25(14-10-24)31(37)34-33-19-23-11-16-27(17-12-23)41-21-30(36)40-2/h3-19H,20-21H2,1-2H3,(H,34,37)/b33-19-. The number of carbonyl (C=O) groups excluding carboxylic acids is 2. The minimum Gasteiger partial charge on any atom is -0.482 e. The van der Waals surface area contributed by atoms with Crippen molar-refractivity contribution in [3.05, 3.63) is 124 Å². The molecular weight excluding hydrogens is 578 g/mol. The maximum Gasteiger partial charge on any atom is 0.343 e. The van der Waals surface area contributed by atoms with E-state index >= 15 is 0 Å². The Morgan fingerprint density at radius 2 is 1.64 bits per heavy atom. The fraction of sp³-hybridized carbons (Fsp3) is 0.129. The maximum atomic E-state index is 13.7. The van der Waals surface area contributed by atoms with E-state index in [1.54, 1.807) is 97.1 Å². The van der Waals surface area contributed by atoms with Crippen molar-refractivity contribution in [1.29, 1.82) is 0 Å². The molecule has 11 heteroatoms. The summed E-state index contributed by atoms with van der Waals surface area (Å²) < 4.78 is 38.5. The van der Waals surface area contributed by atoms with E-state index in [0.717, 1.165) is 5.56 Å². The zero-order valence-electron chi connectivity index (χ0n) is 22.9. The van der Waals surface area contributed by atoms with E-state index in [1.165, 1.54) is 17.6 Å². The summed E-state index contributed by atoms with van der Waals surface area (Å²) in [4.78, 5) is 24.0. The van der Waals surface area contributed by atoms with Gasteiger partial charge >= 0.3 is 5.97 Å². The lowest BCUT2D eigenvalue weighted by Gasteiger charge is -2.26. The molecule has 0 radical (unpaired) electrons. The third kappa shape index (κ3) is 7.74. The summed E-state index contributed by atoms with van der Waals surface area (Å²) in [7, 11) is -2.64. The Bertz CT molecular complexity index is 1680. The number of hydrogen-bond acceptors (Lipinski definition) is 7. The number of hydrazone groups is 1. The van der Waals surface area contributed by atoms with Crippen LogP contribution >= 0.6 is 11.6 Å². The SMILES string of the molecule is COC(=O)COc1ccc(/C=N\NC(=O)c2ccc(CN(c3cc(Cl)ccc3C)S(=O)(=O)c3ccccc3)cc2)cc1. The van der Waals surface area contributed by atoms with Gasteiger partial charge in [-0.2, -0.15) is 5.10 Å². The first-order valence-electron chi connectivity index (χ1n) is 12.7. The van der Waals surface area contributed by atoms with Gasteiger partial charge in [0.05, 0.1) is 30.5 Å². The largest absolute Gasteiger partial charge is 0.482 e. The van der Waals surface area contributed by atoms with Gasteiger partial charge in [0.2, 0.25) is 0 Å². The number of hydrogen-bond donors (Lipinski definition) is 1. The molecule has 216 valence electrons. The molecule has 4 aromatic rings. The van der Waals surface area contributed by atoms with Gasteiger partial charge in [0, 0.05) is 10.6 Å². The van der Waals surface area contributed by atoms with Gasteiger partial charge in [0.25, 0.3) is 15.9 Å². The van der Waals surface area contributed by atoms with Gasteiger partial charge in [-0.05, 0) is 84.3 Å². The third-order valence-electron chi connectivity index (χ3n) is 6.16. The normalized spacial score (nSPS) is 11.2. The molecule has 0 bridgehead atoms. The Morgan fingerprint density at radius 3 is 2.31 bits per heavy atom. The summed E-state index contributed by atoms with van der Waals surface area (Å²) in [6.07, 6.45) is 1.47. The second-order valence-electron chi connectivity index (χ2n) is 9.09. The lowest BCUT2D eigenvalue weighted by molar-refractivity contribution is -0.142. The Labute approximate surface area is 249 Å². The molecule has 0 aliphatic rings. The minimum absolute atomic E-state index is 0.0256. The highest BCUT2D eigenvalue weighted by Crippen LogP contribution is 2.31. The summed E-state index contributed by atoms with van der Waals surface area (Å²) in [6.45, 7) is 1.65. The zero-order chi connectivity index (χ0) is 30.1. The second-order valence-corrected chi connectivity index (χ2v) is 11.4. The molecule has 0 saturated carbocycles. The number of nitrogens with one attached hydrogen (secondary N) is 1. The van der Waals surface area contributed by atoms with Crippen molar-refractivity contribution in [1.82, 2.24) is 5.43 Å². The first-order chi connectivity index (χ1) is 20.2. The van der Waals surface area contributed by atoms with E-state index in [-0.39, 0.29) is 18.0 Å². The number of anilines is 1. The van der Waals surface area contributed by atoms with E-state index in [4.69, 9.17) is 16.3 Å². The monoisotopic (exact) mass is 605 g/mol. The molecule has 4 aromatic carbocycles. The predicted octanol–water partition coefficient (Wildman–Crippen LogP) is 5.36. The van der Waals surface area contributed by atoms with E-state index in [1.807, 2.05) is 6.92 Å². The molecule has 0 aliphatic heterocycles. The third-order valence-corrected chi connectivity index (χ3v) is 8.17. The number of carbonyl (C=O) groups is 2. The molecular formula is C31H28ClN3O6S. The maximum absolute atomic E-state index is 13.7. The minimum atomic E-state index is -3.92. The van der Waals surface area contributed by atoms with E-state index in [2.05, 4.69) is 15.3 Å². The molecule has 0 saturated heterocycles. The van der Waals surface area contributed by atoms with Crippen LogP contribution < -0.4 is 14.5 Å². The van der Waals surface area contributed by atoms with Crippen LogP contribution in [0.4, 0.5) is 5.69 Å². The molecule has 0 heterocycles. The molecule has 0 unspecified atom stereocenters. The number of sulfonamides is 1. The molecule has 4 rings (SSSR count). The van der Waals surface area contributed by atoms with Crippen LogP contribution in [0.25, 0.3) is 0 Å².